The maximum Gasteiger partial charge on any atom is 0.399 e. The summed E-state index contributed by atoms with van der Waals surface area (Å²) in [5.41, 5.74) is 5.96. The number of rotatable bonds is 4. The minimum atomic E-state index is -3.20. The Bertz CT molecular complexity index is 631. The lowest BCUT2D eigenvalue weighted by Crippen LogP contribution is -1.97. The van der Waals surface area contributed by atoms with E-state index in [0.29, 0.717) is 11.4 Å². The van der Waals surface area contributed by atoms with Crippen LogP contribution in [0.1, 0.15) is 5.69 Å². The van der Waals surface area contributed by atoms with Crippen LogP contribution < -0.4 is 10.5 Å². The fraction of sp³-hybridized carbons (Fsp3) is 0.182. The molecule has 6 nitrogen and oxygen atoms in total. The highest BCUT2D eigenvalue weighted by Gasteiger charge is 2.08. The highest BCUT2D eigenvalue weighted by molar-refractivity contribution is 7.90. The van der Waals surface area contributed by atoms with E-state index in [9.17, 15) is 8.42 Å². The molecular formula is C11H12N2O4S. The summed E-state index contributed by atoms with van der Waals surface area (Å²) in [6.07, 6.45) is 2.62. The maximum absolute atomic E-state index is 11.3. The fourth-order valence-electron chi connectivity index (χ4n) is 1.28. The number of aromatic nitrogens is 1. The van der Waals surface area contributed by atoms with E-state index in [0.717, 1.165) is 6.26 Å². The summed E-state index contributed by atoms with van der Waals surface area (Å²) >= 11 is 0. The molecule has 18 heavy (non-hydrogen) atoms. The lowest BCUT2D eigenvalue weighted by molar-refractivity contribution is 0.330. The van der Waals surface area contributed by atoms with Gasteiger partial charge in [0.25, 0.3) is 0 Å². The number of hydrogen-bond donors (Lipinski definition) is 1. The number of oxazole rings is 1. The predicted octanol–water partition coefficient (Wildman–Crippen LogP) is 1.33. The monoisotopic (exact) mass is 268 g/mol. The van der Waals surface area contributed by atoms with E-state index in [1.165, 1.54) is 30.5 Å². The molecule has 0 aliphatic carbocycles. The van der Waals surface area contributed by atoms with Gasteiger partial charge in [-0.15, -0.1) is 0 Å². The highest BCUT2D eigenvalue weighted by atomic mass is 32.2. The van der Waals surface area contributed by atoms with Crippen molar-refractivity contribution in [1.29, 1.82) is 0 Å². The Morgan fingerprint density at radius 2 is 2.00 bits per heavy atom. The Labute approximate surface area is 104 Å². The van der Waals surface area contributed by atoms with E-state index >= 15 is 0 Å². The molecule has 0 saturated carbocycles. The number of ether oxygens (including phenoxy) is 1. The van der Waals surface area contributed by atoms with E-state index in [1.807, 2.05) is 0 Å². The smallest absolute Gasteiger partial charge is 0.399 e. The van der Waals surface area contributed by atoms with Crippen molar-refractivity contribution >= 4 is 9.84 Å². The average Bonchev–Trinajstić information content (AvgIpc) is 2.76. The molecule has 0 bridgehead atoms. The van der Waals surface area contributed by atoms with Crippen LogP contribution in [-0.4, -0.2) is 19.7 Å². The van der Waals surface area contributed by atoms with Crippen LogP contribution in [0.3, 0.4) is 0 Å². The number of nitrogens with zero attached hydrogens (tertiary/aromatic N) is 1. The molecule has 0 aliphatic heterocycles. The molecule has 2 N–H and O–H groups in total. The quantitative estimate of drug-likeness (QED) is 0.898. The molecule has 0 saturated heterocycles. The molecular weight excluding hydrogens is 256 g/mol. The van der Waals surface area contributed by atoms with Gasteiger partial charge in [0.15, 0.2) is 9.84 Å². The molecule has 0 unspecified atom stereocenters. The maximum atomic E-state index is 11.3. The van der Waals surface area contributed by atoms with Gasteiger partial charge in [-0.05, 0) is 24.3 Å². The average molecular weight is 268 g/mol. The summed E-state index contributed by atoms with van der Waals surface area (Å²) < 4.78 is 32.8. The van der Waals surface area contributed by atoms with Gasteiger partial charge in [-0.2, -0.15) is 4.98 Å². The van der Waals surface area contributed by atoms with Crippen LogP contribution in [0.25, 0.3) is 0 Å². The van der Waals surface area contributed by atoms with Crippen LogP contribution in [-0.2, 0) is 16.4 Å². The van der Waals surface area contributed by atoms with Gasteiger partial charge < -0.3 is 14.9 Å². The van der Waals surface area contributed by atoms with Crippen molar-refractivity contribution in [2.45, 2.75) is 11.4 Å². The van der Waals surface area contributed by atoms with E-state index in [4.69, 9.17) is 14.9 Å². The van der Waals surface area contributed by atoms with Crippen molar-refractivity contribution in [2.75, 3.05) is 6.26 Å². The molecule has 2 rings (SSSR count). The molecule has 96 valence electrons. The summed E-state index contributed by atoms with van der Waals surface area (Å²) in [4.78, 5) is 4.19. The normalized spacial score (nSPS) is 11.4. The van der Waals surface area contributed by atoms with Gasteiger partial charge in [0.2, 0.25) is 0 Å². The third-order valence-corrected chi connectivity index (χ3v) is 3.33. The second-order valence-corrected chi connectivity index (χ2v) is 5.67. The standard InChI is InChI=1S/C11H12N2O4S/c1-18(14,15)10-4-2-9(3-5-10)17-11-13-8(6-12)7-16-11/h2-5,7H,6,12H2,1H3. The van der Waals surface area contributed by atoms with Gasteiger partial charge in [-0.25, -0.2) is 8.42 Å². The zero-order valence-corrected chi connectivity index (χ0v) is 10.5. The SMILES string of the molecule is CS(=O)(=O)c1ccc(Oc2nc(CN)co2)cc1. The number of benzene rings is 1. The number of nitrogens with two attached hydrogens (primary N) is 1. The molecule has 1 aromatic carbocycles. The minimum Gasteiger partial charge on any atom is -0.417 e. The fourth-order valence-corrected chi connectivity index (χ4v) is 1.92. The van der Waals surface area contributed by atoms with E-state index in [-0.39, 0.29) is 17.5 Å². The lowest BCUT2D eigenvalue weighted by Gasteiger charge is -2.01. The summed E-state index contributed by atoms with van der Waals surface area (Å²) in [7, 11) is -3.20. The third-order valence-electron chi connectivity index (χ3n) is 2.20. The highest BCUT2D eigenvalue weighted by Crippen LogP contribution is 2.22. The first-order valence-corrected chi connectivity index (χ1v) is 7.00. The molecule has 0 aliphatic rings. The summed E-state index contributed by atoms with van der Waals surface area (Å²) in [5.74, 6) is 0.438. The van der Waals surface area contributed by atoms with Gasteiger partial charge >= 0.3 is 6.08 Å². The molecule has 2 aromatic rings. The van der Waals surface area contributed by atoms with Crippen molar-refractivity contribution in [1.82, 2.24) is 4.98 Å². The summed E-state index contributed by atoms with van der Waals surface area (Å²) in [6, 6.07) is 5.97. The van der Waals surface area contributed by atoms with Crippen LogP contribution >= 0.6 is 0 Å². The summed E-state index contributed by atoms with van der Waals surface area (Å²) in [5, 5.41) is 0. The van der Waals surface area contributed by atoms with E-state index in [1.54, 1.807) is 0 Å². The van der Waals surface area contributed by atoms with Gasteiger partial charge in [0.1, 0.15) is 12.0 Å². The van der Waals surface area contributed by atoms with Gasteiger partial charge in [-0.3, -0.25) is 0 Å². The molecule has 0 atom stereocenters. The molecule has 1 aromatic heterocycles. The Balaban J connectivity index is 2.15. The molecule has 1 heterocycles. The van der Waals surface area contributed by atoms with Gasteiger partial charge in [0, 0.05) is 12.8 Å². The van der Waals surface area contributed by atoms with Crippen molar-refractivity contribution in [3.05, 3.63) is 36.2 Å². The first-order chi connectivity index (χ1) is 8.49. The van der Waals surface area contributed by atoms with E-state index < -0.39 is 9.84 Å². The first kappa shape index (κ1) is 12.6. The Morgan fingerprint density at radius 3 is 2.50 bits per heavy atom. The molecule has 7 heteroatoms. The third kappa shape index (κ3) is 2.88. The van der Waals surface area contributed by atoms with Crippen molar-refractivity contribution in [3.63, 3.8) is 0 Å². The second kappa shape index (κ2) is 4.79. The van der Waals surface area contributed by atoms with Crippen LogP contribution in [0, 0.1) is 0 Å². The lowest BCUT2D eigenvalue weighted by atomic mass is 10.3. The summed E-state index contributed by atoms with van der Waals surface area (Å²) in [6.45, 7) is 0.264. The van der Waals surface area contributed by atoms with Crippen LogP contribution in [0.5, 0.6) is 11.8 Å². The Hall–Kier alpha value is -1.86. The Morgan fingerprint density at radius 1 is 1.33 bits per heavy atom. The zero-order chi connectivity index (χ0) is 13.2. The van der Waals surface area contributed by atoms with Gasteiger partial charge in [0.05, 0.1) is 10.6 Å². The predicted molar refractivity (Wildman–Crippen MR) is 64.0 cm³/mol. The second-order valence-electron chi connectivity index (χ2n) is 3.65. The topological polar surface area (TPSA) is 95.4 Å². The molecule has 0 spiro atoms. The first-order valence-electron chi connectivity index (χ1n) is 5.11. The van der Waals surface area contributed by atoms with Gasteiger partial charge in [-0.1, -0.05) is 0 Å². The zero-order valence-electron chi connectivity index (χ0n) is 9.66. The number of hydrogen-bond acceptors (Lipinski definition) is 6. The molecule has 0 fully saturated rings. The van der Waals surface area contributed by atoms with Crippen molar-refractivity contribution in [3.8, 4) is 11.8 Å². The minimum absolute atomic E-state index is 0.0718. The van der Waals surface area contributed by atoms with Crippen molar-refractivity contribution in [2.24, 2.45) is 5.73 Å². The van der Waals surface area contributed by atoms with Crippen LogP contribution in [0.4, 0.5) is 0 Å². The molecule has 0 radical (unpaired) electrons. The van der Waals surface area contributed by atoms with Crippen LogP contribution in [0.2, 0.25) is 0 Å². The molecule has 0 amide bonds. The Kier molecular flexibility index (Phi) is 3.35. The van der Waals surface area contributed by atoms with Crippen LogP contribution in [0.15, 0.2) is 39.8 Å². The van der Waals surface area contributed by atoms with E-state index in [2.05, 4.69) is 4.98 Å². The van der Waals surface area contributed by atoms with Crippen molar-refractivity contribution < 1.29 is 17.6 Å². The largest absolute Gasteiger partial charge is 0.417 e. The number of sulfone groups is 1.